The van der Waals surface area contributed by atoms with Crippen molar-refractivity contribution in [2.45, 2.75) is 32.5 Å². The molecule has 0 spiro atoms. The van der Waals surface area contributed by atoms with Crippen molar-refractivity contribution in [3.05, 3.63) is 71.4 Å². The highest BCUT2D eigenvalue weighted by molar-refractivity contribution is 7.99. The van der Waals surface area contributed by atoms with Gasteiger partial charge in [-0.3, -0.25) is 9.69 Å². The van der Waals surface area contributed by atoms with Crippen molar-refractivity contribution in [1.82, 2.24) is 19.7 Å². The van der Waals surface area contributed by atoms with Crippen LogP contribution in [0.5, 0.6) is 0 Å². The first-order chi connectivity index (χ1) is 15.0. The molecule has 0 saturated heterocycles. The van der Waals surface area contributed by atoms with Crippen molar-refractivity contribution in [3.63, 3.8) is 0 Å². The van der Waals surface area contributed by atoms with E-state index in [4.69, 9.17) is 4.98 Å². The van der Waals surface area contributed by atoms with E-state index in [-0.39, 0.29) is 11.7 Å². The Morgan fingerprint density at radius 1 is 1.13 bits per heavy atom. The molecule has 8 heteroatoms. The van der Waals surface area contributed by atoms with E-state index in [0.29, 0.717) is 5.13 Å². The lowest BCUT2D eigenvalue weighted by Crippen LogP contribution is -2.27. The van der Waals surface area contributed by atoms with Crippen molar-refractivity contribution < 1.29 is 4.79 Å². The molecule has 0 fully saturated rings. The molecule has 0 bridgehead atoms. The first-order valence-corrected chi connectivity index (χ1v) is 11.8. The molecule has 4 rings (SSSR count). The van der Waals surface area contributed by atoms with E-state index in [9.17, 15) is 4.79 Å². The van der Waals surface area contributed by atoms with Crippen LogP contribution in [-0.2, 0) is 11.3 Å². The van der Waals surface area contributed by atoms with Crippen LogP contribution in [0.3, 0.4) is 0 Å². The third-order valence-electron chi connectivity index (χ3n) is 4.79. The third-order valence-corrected chi connectivity index (χ3v) is 6.58. The molecule has 2 heterocycles. The Morgan fingerprint density at radius 3 is 2.68 bits per heavy atom. The normalized spacial score (nSPS) is 10.9. The fourth-order valence-electron chi connectivity index (χ4n) is 3.12. The minimum absolute atomic E-state index is 0.0499. The van der Waals surface area contributed by atoms with Crippen LogP contribution in [0.25, 0.3) is 11.3 Å². The molecule has 2 aromatic carbocycles. The number of amides is 1. The van der Waals surface area contributed by atoms with Gasteiger partial charge in [-0.05, 0) is 38.5 Å². The second kappa shape index (κ2) is 9.45. The summed E-state index contributed by atoms with van der Waals surface area (Å²) in [6, 6.07) is 16.2. The van der Waals surface area contributed by atoms with E-state index < -0.39 is 0 Å². The summed E-state index contributed by atoms with van der Waals surface area (Å²) in [4.78, 5) is 19.9. The lowest BCUT2D eigenvalue weighted by Gasteiger charge is -2.20. The molecule has 2 aromatic heterocycles. The highest BCUT2D eigenvalue weighted by Gasteiger charge is 2.23. The number of hydrogen-bond donors (Lipinski definition) is 0. The van der Waals surface area contributed by atoms with Gasteiger partial charge in [0.1, 0.15) is 6.33 Å². The second-order valence-corrected chi connectivity index (χ2v) is 8.92. The number of nitrogens with zero attached hydrogens (tertiary/aromatic N) is 5. The number of rotatable bonds is 7. The Morgan fingerprint density at radius 2 is 1.94 bits per heavy atom. The summed E-state index contributed by atoms with van der Waals surface area (Å²) < 4.78 is 1.92. The van der Waals surface area contributed by atoms with E-state index in [1.54, 1.807) is 11.2 Å². The van der Waals surface area contributed by atoms with Crippen molar-refractivity contribution in [3.8, 4) is 11.3 Å². The Kier molecular flexibility index (Phi) is 6.48. The Balaban J connectivity index is 1.63. The Labute approximate surface area is 190 Å². The van der Waals surface area contributed by atoms with Gasteiger partial charge in [0.2, 0.25) is 5.91 Å². The van der Waals surface area contributed by atoms with Gasteiger partial charge >= 0.3 is 0 Å². The van der Waals surface area contributed by atoms with Gasteiger partial charge in [0.05, 0.1) is 17.1 Å². The summed E-state index contributed by atoms with van der Waals surface area (Å²) in [6.45, 7) is 6.86. The first-order valence-electron chi connectivity index (χ1n) is 9.98. The predicted molar refractivity (Wildman–Crippen MR) is 127 cm³/mol. The fraction of sp³-hybridized carbons (Fsp3) is 0.217. The molecular weight excluding hydrogens is 426 g/mol. The number of thioether (sulfide) groups is 1. The summed E-state index contributed by atoms with van der Waals surface area (Å²) in [5.74, 6) is 0.192. The molecule has 158 valence electrons. The highest BCUT2D eigenvalue weighted by Crippen LogP contribution is 2.33. The summed E-state index contributed by atoms with van der Waals surface area (Å²) in [5.41, 5.74) is 5.00. The number of benzene rings is 2. The van der Waals surface area contributed by atoms with Crippen LogP contribution >= 0.6 is 23.1 Å². The summed E-state index contributed by atoms with van der Waals surface area (Å²) in [6.07, 6.45) is 1.68. The lowest BCUT2D eigenvalue weighted by molar-refractivity contribution is -0.115. The highest BCUT2D eigenvalue weighted by atomic mass is 32.2. The Bertz CT molecular complexity index is 1180. The molecule has 0 atom stereocenters. The largest absolute Gasteiger partial charge is 0.309 e. The van der Waals surface area contributed by atoms with E-state index >= 15 is 0 Å². The third kappa shape index (κ3) is 4.86. The molecular formula is C23H23N5OS2. The number of aromatic nitrogens is 4. The molecule has 0 aliphatic carbocycles. The smallest absolute Gasteiger partial charge is 0.243 e. The molecule has 0 radical (unpaired) electrons. The zero-order valence-electron chi connectivity index (χ0n) is 17.6. The number of thiazole rings is 1. The SMILES string of the molecule is CCn1cnnc1SCC(=O)N(c1cccc(C)c1)c1nc(-c2ccc(C)cc2)cs1. The molecule has 0 N–H and O–H groups in total. The monoisotopic (exact) mass is 449 g/mol. The maximum absolute atomic E-state index is 13.4. The predicted octanol–water partition coefficient (Wildman–Crippen LogP) is 5.50. The summed E-state index contributed by atoms with van der Waals surface area (Å²) in [5, 5.41) is 11.5. The maximum atomic E-state index is 13.4. The van der Waals surface area contributed by atoms with Crippen molar-refractivity contribution >= 4 is 39.8 Å². The van der Waals surface area contributed by atoms with Crippen molar-refractivity contribution in [2.75, 3.05) is 10.7 Å². The van der Waals surface area contributed by atoms with Gasteiger partial charge in [-0.2, -0.15) is 0 Å². The average Bonchev–Trinajstić information content (AvgIpc) is 3.42. The molecule has 6 nitrogen and oxygen atoms in total. The van der Waals surface area contributed by atoms with E-state index in [1.165, 1.54) is 28.7 Å². The number of aryl methyl sites for hydroxylation is 3. The number of hydrogen-bond acceptors (Lipinski definition) is 6. The Hall–Kier alpha value is -2.97. The van der Waals surface area contributed by atoms with Gasteiger partial charge in [0.15, 0.2) is 10.3 Å². The zero-order chi connectivity index (χ0) is 21.8. The van der Waals surface area contributed by atoms with Crippen LogP contribution in [0.2, 0.25) is 0 Å². The maximum Gasteiger partial charge on any atom is 0.243 e. The zero-order valence-corrected chi connectivity index (χ0v) is 19.3. The van der Waals surface area contributed by atoms with Gasteiger partial charge in [0, 0.05) is 17.5 Å². The van der Waals surface area contributed by atoms with Crippen LogP contribution in [0.15, 0.2) is 65.4 Å². The molecule has 0 aliphatic heterocycles. The second-order valence-electron chi connectivity index (χ2n) is 7.14. The lowest BCUT2D eigenvalue weighted by atomic mass is 10.1. The van der Waals surface area contributed by atoms with Crippen molar-refractivity contribution in [2.24, 2.45) is 0 Å². The molecule has 1 amide bonds. The first kappa shape index (κ1) is 21.3. The van der Waals surface area contributed by atoms with Gasteiger partial charge in [0.25, 0.3) is 0 Å². The number of anilines is 2. The van der Waals surface area contributed by atoms with Crippen LogP contribution in [0, 0.1) is 13.8 Å². The summed E-state index contributed by atoms with van der Waals surface area (Å²) >= 11 is 2.86. The number of carbonyl (C=O) groups is 1. The molecule has 31 heavy (non-hydrogen) atoms. The van der Waals surface area contributed by atoms with Crippen LogP contribution < -0.4 is 4.90 Å². The molecule has 0 aliphatic rings. The van der Waals surface area contributed by atoms with Crippen LogP contribution in [0.4, 0.5) is 10.8 Å². The van der Waals surface area contributed by atoms with Crippen LogP contribution in [0.1, 0.15) is 18.1 Å². The minimum atomic E-state index is -0.0499. The number of carbonyl (C=O) groups excluding carboxylic acids is 1. The average molecular weight is 450 g/mol. The van der Waals surface area contributed by atoms with E-state index in [1.807, 2.05) is 48.1 Å². The summed E-state index contributed by atoms with van der Waals surface area (Å²) in [7, 11) is 0. The fourth-order valence-corrected chi connectivity index (χ4v) is 4.81. The van der Waals surface area contributed by atoms with Crippen molar-refractivity contribution in [1.29, 1.82) is 0 Å². The topological polar surface area (TPSA) is 63.9 Å². The quantitative estimate of drug-likeness (QED) is 0.349. The van der Waals surface area contributed by atoms with E-state index in [0.717, 1.165) is 34.2 Å². The minimum Gasteiger partial charge on any atom is -0.309 e. The molecule has 4 aromatic rings. The van der Waals surface area contributed by atoms with Gasteiger partial charge in [-0.15, -0.1) is 21.5 Å². The molecule has 0 saturated carbocycles. The van der Waals surface area contributed by atoms with Gasteiger partial charge in [-0.25, -0.2) is 4.98 Å². The van der Waals surface area contributed by atoms with E-state index in [2.05, 4.69) is 41.4 Å². The standard InChI is InChI=1S/C23H23N5OS2/c1-4-27-15-24-26-23(27)31-14-21(29)28(19-7-5-6-17(3)12-19)22-25-20(13-30-22)18-10-8-16(2)9-11-18/h5-13,15H,4,14H2,1-3H3. The molecule has 0 unspecified atom stereocenters. The van der Waals surface area contributed by atoms with Gasteiger partial charge < -0.3 is 4.57 Å². The van der Waals surface area contributed by atoms with Gasteiger partial charge in [-0.1, -0.05) is 53.7 Å². The van der Waals surface area contributed by atoms with Crippen LogP contribution in [-0.4, -0.2) is 31.4 Å².